The van der Waals surface area contributed by atoms with Crippen molar-refractivity contribution in [1.29, 1.82) is 0 Å². The summed E-state index contributed by atoms with van der Waals surface area (Å²) in [5, 5.41) is 4.42. The van der Waals surface area contributed by atoms with Crippen LogP contribution in [0.15, 0.2) is 53.7 Å². The number of anilines is 1. The molecule has 1 aromatic heterocycles. The van der Waals surface area contributed by atoms with Crippen molar-refractivity contribution in [3.05, 3.63) is 59.2 Å². The van der Waals surface area contributed by atoms with Crippen LogP contribution in [-0.2, 0) is 4.74 Å². The first-order chi connectivity index (χ1) is 15.3. The van der Waals surface area contributed by atoms with Crippen molar-refractivity contribution in [3.8, 4) is 0 Å². The number of hydrogen-bond acceptors (Lipinski definition) is 5. The second-order valence-electron chi connectivity index (χ2n) is 7.78. The Morgan fingerprint density at radius 3 is 2.48 bits per heavy atom. The molecule has 0 aliphatic carbocycles. The minimum Gasteiger partial charge on any atom is -0.379 e. The highest BCUT2D eigenvalue weighted by molar-refractivity contribution is 6.31. The zero-order valence-electron chi connectivity index (χ0n) is 18.1. The number of halogens is 1. The Morgan fingerprint density at radius 2 is 1.81 bits per heavy atom. The van der Waals surface area contributed by atoms with E-state index in [2.05, 4.69) is 48.2 Å². The summed E-state index contributed by atoms with van der Waals surface area (Å²) < 4.78 is 5.57. The first-order valence-corrected chi connectivity index (χ1v) is 11.3. The van der Waals surface area contributed by atoms with E-state index < -0.39 is 0 Å². The van der Waals surface area contributed by atoms with Crippen LogP contribution >= 0.6 is 11.6 Å². The average molecular weight is 443 g/mol. The maximum atomic E-state index is 6.57. The zero-order valence-corrected chi connectivity index (χ0v) is 18.8. The fourth-order valence-corrected chi connectivity index (χ4v) is 4.54. The number of guanidine groups is 1. The molecule has 2 aromatic rings. The lowest BCUT2D eigenvalue weighted by molar-refractivity contribution is 0.0169. The number of benzene rings is 1. The van der Waals surface area contributed by atoms with Gasteiger partial charge in [-0.05, 0) is 23.8 Å². The third-order valence-corrected chi connectivity index (χ3v) is 6.31. The van der Waals surface area contributed by atoms with Crippen molar-refractivity contribution in [2.75, 3.05) is 71.0 Å². The number of hydrogen-bond donors (Lipinski definition) is 1. The van der Waals surface area contributed by atoms with Gasteiger partial charge in [-0.25, -0.2) is 4.98 Å². The van der Waals surface area contributed by atoms with Crippen molar-refractivity contribution in [2.45, 2.75) is 6.04 Å². The topological polar surface area (TPSA) is 56.2 Å². The zero-order chi connectivity index (χ0) is 21.5. The predicted octanol–water partition coefficient (Wildman–Crippen LogP) is 2.51. The smallest absolute Gasteiger partial charge is 0.193 e. The van der Waals surface area contributed by atoms with Gasteiger partial charge in [-0.15, -0.1) is 0 Å². The van der Waals surface area contributed by atoms with Crippen LogP contribution in [0.4, 0.5) is 5.82 Å². The number of piperazine rings is 1. The summed E-state index contributed by atoms with van der Waals surface area (Å²) >= 11 is 6.57. The second-order valence-corrected chi connectivity index (χ2v) is 8.18. The van der Waals surface area contributed by atoms with Gasteiger partial charge in [-0.3, -0.25) is 9.89 Å². The molecule has 3 heterocycles. The summed E-state index contributed by atoms with van der Waals surface area (Å²) in [6.07, 6.45) is 1.85. The molecule has 1 N–H and O–H groups in total. The van der Waals surface area contributed by atoms with Crippen molar-refractivity contribution in [3.63, 3.8) is 0 Å². The van der Waals surface area contributed by atoms with Gasteiger partial charge < -0.3 is 19.9 Å². The molecule has 0 amide bonds. The third-order valence-electron chi connectivity index (χ3n) is 5.97. The third kappa shape index (κ3) is 5.47. The van der Waals surface area contributed by atoms with E-state index in [4.69, 9.17) is 16.3 Å². The van der Waals surface area contributed by atoms with Gasteiger partial charge in [-0.2, -0.15) is 0 Å². The fourth-order valence-electron chi connectivity index (χ4n) is 4.28. The SMILES string of the molecule is CN=C(NCC(c1ccccc1Cl)N1CCOCC1)N1CCN(c2ccccn2)CC1. The molecular formula is C23H31ClN6O. The van der Waals surface area contributed by atoms with Crippen LogP contribution in [0.5, 0.6) is 0 Å². The Kier molecular flexibility index (Phi) is 7.61. The summed E-state index contributed by atoms with van der Waals surface area (Å²) in [6, 6.07) is 14.4. The van der Waals surface area contributed by atoms with Crippen molar-refractivity contribution in [1.82, 2.24) is 20.1 Å². The number of nitrogens with one attached hydrogen (secondary N) is 1. The molecule has 8 heteroatoms. The number of pyridine rings is 1. The number of morpholine rings is 1. The van der Waals surface area contributed by atoms with Gasteiger partial charge in [0, 0.05) is 64.1 Å². The van der Waals surface area contributed by atoms with Crippen molar-refractivity contribution in [2.24, 2.45) is 4.99 Å². The summed E-state index contributed by atoms with van der Waals surface area (Å²) in [5.41, 5.74) is 1.15. The maximum Gasteiger partial charge on any atom is 0.193 e. The predicted molar refractivity (Wildman–Crippen MR) is 126 cm³/mol. The number of aliphatic imine (C=N–C) groups is 1. The van der Waals surface area contributed by atoms with E-state index in [-0.39, 0.29) is 6.04 Å². The Hall–Kier alpha value is -2.35. The molecule has 2 aliphatic heterocycles. The lowest BCUT2D eigenvalue weighted by Crippen LogP contribution is -2.54. The Balaban J connectivity index is 1.39. The van der Waals surface area contributed by atoms with E-state index in [0.29, 0.717) is 0 Å². The van der Waals surface area contributed by atoms with Crippen LogP contribution in [0.1, 0.15) is 11.6 Å². The summed E-state index contributed by atoms with van der Waals surface area (Å²) in [6.45, 7) is 7.73. The standard InChI is InChI=1S/C23H31ClN6O/c1-25-23(30-12-10-29(11-13-30)22-8-4-5-9-26-22)27-18-21(28-14-16-31-17-15-28)19-6-2-3-7-20(19)24/h2-9,21H,10-18H2,1H3,(H,25,27). The van der Waals surface area contributed by atoms with E-state index in [1.165, 1.54) is 0 Å². The molecule has 166 valence electrons. The molecule has 2 saturated heterocycles. The van der Waals surface area contributed by atoms with E-state index in [9.17, 15) is 0 Å². The van der Waals surface area contributed by atoms with E-state index in [1.807, 2.05) is 37.5 Å². The highest BCUT2D eigenvalue weighted by Gasteiger charge is 2.26. The first-order valence-electron chi connectivity index (χ1n) is 10.9. The largest absolute Gasteiger partial charge is 0.379 e. The molecule has 0 bridgehead atoms. The van der Waals surface area contributed by atoms with Crippen LogP contribution in [0, 0.1) is 0 Å². The molecule has 0 saturated carbocycles. The highest BCUT2D eigenvalue weighted by atomic mass is 35.5. The monoisotopic (exact) mass is 442 g/mol. The van der Waals surface area contributed by atoms with Gasteiger partial charge in [0.1, 0.15) is 5.82 Å². The lowest BCUT2D eigenvalue weighted by atomic mass is 10.0. The van der Waals surface area contributed by atoms with Crippen LogP contribution in [0.2, 0.25) is 5.02 Å². The number of aromatic nitrogens is 1. The number of nitrogens with zero attached hydrogens (tertiary/aromatic N) is 5. The Bertz CT molecular complexity index is 850. The summed E-state index contributed by atoms with van der Waals surface area (Å²) in [5.74, 6) is 1.97. The van der Waals surface area contributed by atoms with Gasteiger partial charge >= 0.3 is 0 Å². The molecule has 2 aliphatic rings. The van der Waals surface area contributed by atoms with Crippen LogP contribution in [0.3, 0.4) is 0 Å². The molecule has 7 nitrogen and oxygen atoms in total. The highest BCUT2D eigenvalue weighted by Crippen LogP contribution is 2.28. The fraction of sp³-hybridized carbons (Fsp3) is 0.478. The maximum absolute atomic E-state index is 6.57. The van der Waals surface area contributed by atoms with Gasteiger partial charge in [0.25, 0.3) is 0 Å². The molecule has 1 aromatic carbocycles. The van der Waals surface area contributed by atoms with Crippen molar-refractivity contribution >= 4 is 23.4 Å². The molecule has 0 radical (unpaired) electrons. The first kappa shape index (κ1) is 21.9. The minimum absolute atomic E-state index is 0.171. The Morgan fingerprint density at radius 1 is 1.06 bits per heavy atom. The second kappa shape index (κ2) is 10.8. The van der Waals surface area contributed by atoms with Gasteiger partial charge in [-0.1, -0.05) is 35.9 Å². The van der Waals surface area contributed by atoms with Crippen LogP contribution < -0.4 is 10.2 Å². The quantitative estimate of drug-likeness (QED) is 0.567. The van der Waals surface area contributed by atoms with E-state index in [0.717, 1.165) is 81.4 Å². The molecule has 0 spiro atoms. The molecule has 31 heavy (non-hydrogen) atoms. The average Bonchev–Trinajstić information content (AvgIpc) is 2.84. The van der Waals surface area contributed by atoms with E-state index in [1.54, 1.807) is 0 Å². The van der Waals surface area contributed by atoms with Gasteiger partial charge in [0.15, 0.2) is 5.96 Å². The Labute approximate surface area is 189 Å². The summed E-state index contributed by atoms with van der Waals surface area (Å²) in [4.78, 5) is 16.1. The number of rotatable bonds is 5. The lowest BCUT2D eigenvalue weighted by Gasteiger charge is -2.39. The van der Waals surface area contributed by atoms with Crippen molar-refractivity contribution < 1.29 is 4.74 Å². The minimum atomic E-state index is 0.171. The molecule has 2 fully saturated rings. The van der Waals surface area contributed by atoms with Crippen LogP contribution in [0.25, 0.3) is 0 Å². The molecule has 1 atom stereocenters. The van der Waals surface area contributed by atoms with Crippen LogP contribution in [-0.4, -0.2) is 86.8 Å². The van der Waals surface area contributed by atoms with E-state index >= 15 is 0 Å². The van der Waals surface area contributed by atoms with Gasteiger partial charge in [0.05, 0.1) is 19.3 Å². The summed E-state index contributed by atoms with van der Waals surface area (Å²) in [7, 11) is 1.85. The molecule has 1 unspecified atom stereocenters. The molecule has 4 rings (SSSR count). The molecular weight excluding hydrogens is 412 g/mol. The number of ether oxygens (including phenoxy) is 1. The van der Waals surface area contributed by atoms with Gasteiger partial charge in [0.2, 0.25) is 0 Å². The normalized spacial score (nSPS) is 19.4.